The van der Waals surface area contributed by atoms with Gasteiger partial charge >= 0.3 is 0 Å². The van der Waals surface area contributed by atoms with Crippen LogP contribution in [-0.4, -0.2) is 50.9 Å². The Morgan fingerprint density at radius 2 is 1.47 bits per heavy atom. The van der Waals surface area contributed by atoms with Crippen LogP contribution in [0.5, 0.6) is 5.75 Å². The van der Waals surface area contributed by atoms with Crippen molar-refractivity contribution >= 4 is 27.5 Å². The molecular formula is C34H45N3O5S. The summed E-state index contributed by atoms with van der Waals surface area (Å²) in [6.07, 6.45) is 1.10. The first kappa shape index (κ1) is 33.6. The highest BCUT2D eigenvalue weighted by Crippen LogP contribution is 2.27. The van der Waals surface area contributed by atoms with Crippen LogP contribution in [0.3, 0.4) is 0 Å². The van der Waals surface area contributed by atoms with Crippen LogP contribution < -0.4 is 14.4 Å². The number of nitrogens with one attached hydrogen (secondary N) is 1. The fourth-order valence-electron chi connectivity index (χ4n) is 4.68. The molecule has 0 aliphatic heterocycles. The molecule has 2 amide bonds. The average molecular weight is 608 g/mol. The van der Waals surface area contributed by atoms with E-state index in [1.165, 1.54) is 4.90 Å². The molecule has 0 radical (unpaired) electrons. The fourth-order valence-corrected chi connectivity index (χ4v) is 6.09. The third-order valence-corrected chi connectivity index (χ3v) is 9.42. The van der Waals surface area contributed by atoms with Crippen molar-refractivity contribution < 1.29 is 22.7 Å². The smallest absolute Gasteiger partial charge is 0.264 e. The normalized spacial score (nSPS) is 12.8. The summed E-state index contributed by atoms with van der Waals surface area (Å²) in [6, 6.07) is 20.2. The summed E-state index contributed by atoms with van der Waals surface area (Å²) in [6.45, 7) is 11.4. The standard InChI is InChI=1S/C34H45N3O5S/c1-8-26(6)35-34(39)32(9-2)36(22-27-12-18-30(42-7)19-13-27)33(38)23-37(29-16-14-28(15-17-29)24(3)4)43(40,41)31-20-10-25(5)11-21-31/h10-21,24,26,32H,8-9,22-23H2,1-7H3,(H,35,39). The number of anilines is 1. The summed E-state index contributed by atoms with van der Waals surface area (Å²) < 4.78 is 34.6. The van der Waals surface area contributed by atoms with Gasteiger partial charge in [0.05, 0.1) is 17.7 Å². The van der Waals surface area contributed by atoms with Gasteiger partial charge in [-0.1, -0.05) is 69.7 Å². The molecule has 0 saturated carbocycles. The van der Waals surface area contributed by atoms with Crippen molar-refractivity contribution in [2.45, 2.75) is 83.8 Å². The number of benzene rings is 3. The molecule has 8 nitrogen and oxygen atoms in total. The number of aryl methyl sites for hydroxylation is 1. The van der Waals surface area contributed by atoms with Crippen molar-refractivity contribution in [3.05, 3.63) is 89.5 Å². The molecule has 0 heterocycles. The van der Waals surface area contributed by atoms with E-state index < -0.39 is 28.5 Å². The maximum Gasteiger partial charge on any atom is 0.264 e. The molecule has 2 unspecified atom stereocenters. The van der Waals surface area contributed by atoms with Crippen LogP contribution in [0, 0.1) is 6.92 Å². The first-order valence-electron chi connectivity index (χ1n) is 14.8. The number of hydrogen-bond acceptors (Lipinski definition) is 5. The minimum absolute atomic E-state index is 0.0719. The molecule has 3 aromatic carbocycles. The van der Waals surface area contributed by atoms with Crippen LogP contribution in [0.2, 0.25) is 0 Å². The molecule has 0 aliphatic rings. The molecule has 0 fully saturated rings. The molecule has 0 aromatic heterocycles. The Morgan fingerprint density at radius 3 is 1.98 bits per heavy atom. The zero-order chi connectivity index (χ0) is 31.7. The topological polar surface area (TPSA) is 96.0 Å². The number of rotatable bonds is 14. The van der Waals surface area contributed by atoms with Crippen LogP contribution in [0.1, 0.15) is 70.1 Å². The third-order valence-electron chi connectivity index (χ3n) is 7.63. The zero-order valence-corrected chi connectivity index (χ0v) is 27.1. The molecule has 0 spiro atoms. The highest BCUT2D eigenvalue weighted by atomic mass is 32.2. The number of ether oxygens (including phenoxy) is 1. The van der Waals surface area contributed by atoms with Gasteiger partial charge in [-0.05, 0) is 80.1 Å². The lowest BCUT2D eigenvalue weighted by Gasteiger charge is -2.33. The van der Waals surface area contributed by atoms with E-state index in [0.717, 1.165) is 27.4 Å². The second kappa shape index (κ2) is 15.0. The molecular weight excluding hydrogens is 562 g/mol. The van der Waals surface area contributed by atoms with Crippen molar-refractivity contribution in [2.75, 3.05) is 18.0 Å². The van der Waals surface area contributed by atoms with E-state index >= 15 is 0 Å². The first-order valence-corrected chi connectivity index (χ1v) is 16.3. The van der Waals surface area contributed by atoms with Crippen molar-refractivity contribution in [1.29, 1.82) is 0 Å². The van der Waals surface area contributed by atoms with Crippen molar-refractivity contribution in [3.63, 3.8) is 0 Å². The molecule has 3 rings (SSSR count). The second-order valence-electron chi connectivity index (χ2n) is 11.2. The number of sulfonamides is 1. The second-order valence-corrected chi connectivity index (χ2v) is 13.0. The third kappa shape index (κ3) is 8.60. The van der Waals surface area contributed by atoms with Crippen LogP contribution in [0.15, 0.2) is 77.7 Å². The number of methoxy groups -OCH3 is 1. The summed E-state index contributed by atoms with van der Waals surface area (Å²) in [5.74, 6) is 0.175. The van der Waals surface area contributed by atoms with E-state index in [9.17, 15) is 18.0 Å². The minimum Gasteiger partial charge on any atom is -0.497 e. The van der Waals surface area contributed by atoms with E-state index in [1.807, 2.05) is 52.0 Å². The Kier molecular flexibility index (Phi) is 11.8. The first-order chi connectivity index (χ1) is 20.4. The lowest BCUT2D eigenvalue weighted by Crippen LogP contribution is -2.53. The Bertz CT molecular complexity index is 1450. The average Bonchev–Trinajstić information content (AvgIpc) is 3.00. The number of carbonyl (C=O) groups excluding carboxylic acids is 2. The largest absolute Gasteiger partial charge is 0.497 e. The van der Waals surface area contributed by atoms with Gasteiger partial charge in [-0.3, -0.25) is 13.9 Å². The molecule has 0 saturated heterocycles. The van der Waals surface area contributed by atoms with Crippen molar-refractivity contribution in [2.24, 2.45) is 0 Å². The number of amides is 2. The van der Waals surface area contributed by atoms with E-state index in [2.05, 4.69) is 19.2 Å². The lowest BCUT2D eigenvalue weighted by molar-refractivity contribution is -0.140. The zero-order valence-electron chi connectivity index (χ0n) is 26.3. The van der Waals surface area contributed by atoms with Gasteiger partial charge in [0.15, 0.2) is 0 Å². The molecule has 43 heavy (non-hydrogen) atoms. The number of hydrogen-bond donors (Lipinski definition) is 1. The number of nitrogens with zero attached hydrogens (tertiary/aromatic N) is 2. The van der Waals surface area contributed by atoms with Crippen molar-refractivity contribution in [3.8, 4) is 5.75 Å². The van der Waals surface area contributed by atoms with Gasteiger partial charge in [0, 0.05) is 12.6 Å². The van der Waals surface area contributed by atoms with Gasteiger partial charge in [0.2, 0.25) is 11.8 Å². The fraction of sp³-hybridized carbons (Fsp3) is 0.412. The van der Waals surface area contributed by atoms with Gasteiger partial charge in [-0.15, -0.1) is 0 Å². The predicted octanol–water partition coefficient (Wildman–Crippen LogP) is 6.04. The van der Waals surface area contributed by atoms with Gasteiger partial charge in [-0.2, -0.15) is 0 Å². The molecule has 1 N–H and O–H groups in total. The highest BCUT2D eigenvalue weighted by Gasteiger charge is 2.34. The SMILES string of the molecule is CCC(C)NC(=O)C(CC)N(Cc1ccc(OC)cc1)C(=O)CN(c1ccc(C(C)C)cc1)S(=O)(=O)c1ccc(C)cc1. The van der Waals surface area contributed by atoms with Gasteiger partial charge < -0.3 is 15.0 Å². The summed E-state index contributed by atoms with van der Waals surface area (Å²) in [7, 11) is -2.54. The molecule has 232 valence electrons. The molecule has 3 aromatic rings. The van der Waals surface area contributed by atoms with E-state index in [-0.39, 0.29) is 29.3 Å². The minimum atomic E-state index is -4.12. The Labute approximate surface area is 257 Å². The van der Waals surface area contributed by atoms with Crippen molar-refractivity contribution in [1.82, 2.24) is 10.2 Å². The molecule has 9 heteroatoms. The summed E-state index contributed by atoms with van der Waals surface area (Å²) >= 11 is 0. The molecule has 0 bridgehead atoms. The highest BCUT2D eigenvalue weighted by molar-refractivity contribution is 7.92. The lowest BCUT2D eigenvalue weighted by atomic mass is 10.0. The quantitative estimate of drug-likeness (QED) is 0.241. The van der Waals surface area contributed by atoms with Crippen LogP contribution in [0.25, 0.3) is 0 Å². The maximum atomic E-state index is 14.2. The Morgan fingerprint density at radius 1 is 0.860 bits per heavy atom. The Hall–Kier alpha value is -3.85. The summed E-state index contributed by atoms with van der Waals surface area (Å²) in [4.78, 5) is 29.2. The molecule has 2 atom stereocenters. The summed E-state index contributed by atoms with van der Waals surface area (Å²) in [5.41, 5.74) is 3.14. The van der Waals surface area contributed by atoms with E-state index in [0.29, 0.717) is 17.9 Å². The van der Waals surface area contributed by atoms with Gasteiger partial charge in [0.25, 0.3) is 10.0 Å². The van der Waals surface area contributed by atoms with Crippen LogP contribution >= 0.6 is 0 Å². The Balaban J connectivity index is 2.07. The maximum absolute atomic E-state index is 14.2. The monoisotopic (exact) mass is 607 g/mol. The van der Waals surface area contributed by atoms with Crippen LogP contribution in [-0.2, 0) is 26.2 Å². The summed E-state index contributed by atoms with van der Waals surface area (Å²) in [5, 5.41) is 3.00. The predicted molar refractivity (Wildman–Crippen MR) is 172 cm³/mol. The van der Waals surface area contributed by atoms with Gasteiger partial charge in [0.1, 0.15) is 18.3 Å². The van der Waals surface area contributed by atoms with Crippen LogP contribution in [0.4, 0.5) is 5.69 Å². The van der Waals surface area contributed by atoms with E-state index in [1.54, 1.807) is 55.6 Å². The van der Waals surface area contributed by atoms with Gasteiger partial charge in [-0.25, -0.2) is 8.42 Å². The number of carbonyl (C=O) groups is 2. The van der Waals surface area contributed by atoms with E-state index in [4.69, 9.17) is 4.74 Å². The molecule has 0 aliphatic carbocycles.